The molecule has 1 aliphatic heterocycles. The molecule has 3 nitrogen and oxygen atoms in total. The van der Waals surface area contributed by atoms with Crippen molar-refractivity contribution >= 4 is 5.69 Å². The van der Waals surface area contributed by atoms with Gasteiger partial charge in [-0.25, -0.2) is 0 Å². The average molecular weight is 301 g/mol. The standard InChI is InChI=1S/C15H22F3N3/c1-12(10-19)11-20-6-8-21(9-7-20)14-5-3-2-4-13(14)15(16,17)18/h2-5,12H,6-11,19H2,1H3. The van der Waals surface area contributed by atoms with Crippen molar-refractivity contribution in [2.24, 2.45) is 11.7 Å². The summed E-state index contributed by atoms with van der Waals surface area (Å²) < 4.78 is 39.1. The summed E-state index contributed by atoms with van der Waals surface area (Å²) in [5.74, 6) is 0.416. The summed E-state index contributed by atoms with van der Waals surface area (Å²) in [6.07, 6.45) is -4.30. The summed E-state index contributed by atoms with van der Waals surface area (Å²) in [6, 6.07) is 5.80. The Labute approximate surface area is 123 Å². The Hall–Kier alpha value is -1.27. The lowest BCUT2D eigenvalue weighted by molar-refractivity contribution is -0.137. The number of benzene rings is 1. The molecule has 0 amide bonds. The Morgan fingerprint density at radius 1 is 1.14 bits per heavy atom. The van der Waals surface area contributed by atoms with Crippen LogP contribution in [0.2, 0.25) is 0 Å². The van der Waals surface area contributed by atoms with Crippen LogP contribution in [0.3, 0.4) is 0 Å². The van der Waals surface area contributed by atoms with Gasteiger partial charge in [0, 0.05) is 38.4 Å². The van der Waals surface area contributed by atoms with E-state index in [2.05, 4.69) is 11.8 Å². The molecule has 2 rings (SSSR count). The van der Waals surface area contributed by atoms with E-state index in [0.717, 1.165) is 25.7 Å². The van der Waals surface area contributed by atoms with Gasteiger partial charge < -0.3 is 10.6 Å². The van der Waals surface area contributed by atoms with Gasteiger partial charge in [-0.1, -0.05) is 19.1 Å². The second kappa shape index (κ2) is 6.66. The number of nitrogens with zero attached hydrogens (tertiary/aromatic N) is 2. The molecular formula is C15H22F3N3. The van der Waals surface area contributed by atoms with Crippen LogP contribution in [0.1, 0.15) is 12.5 Å². The van der Waals surface area contributed by atoms with Crippen LogP contribution >= 0.6 is 0 Å². The van der Waals surface area contributed by atoms with Crippen molar-refractivity contribution in [1.82, 2.24) is 4.90 Å². The Kier molecular flexibility index (Phi) is 5.11. The first-order valence-corrected chi connectivity index (χ1v) is 7.25. The third kappa shape index (κ3) is 4.11. The van der Waals surface area contributed by atoms with Gasteiger partial charge in [-0.05, 0) is 24.6 Å². The van der Waals surface area contributed by atoms with Crippen molar-refractivity contribution in [3.63, 3.8) is 0 Å². The van der Waals surface area contributed by atoms with E-state index in [1.54, 1.807) is 12.1 Å². The first-order chi connectivity index (χ1) is 9.91. The average Bonchev–Trinajstić information content (AvgIpc) is 2.47. The van der Waals surface area contributed by atoms with Crippen molar-refractivity contribution in [3.8, 4) is 0 Å². The van der Waals surface area contributed by atoms with Gasteiger partial charge in [0.2, 0.25) is 0 Å². The minimum atomic E-state index is -4.30. The number of hydrogen-bond donors (Lipinski definition) is 1. The van der Waals surface area contributed by atoms with Gasteiger partial charge in [0.05, 0.1) is 5.56 Å². The maximum Gasteiger partial charge on any atom is 0.418 e. The van der Waals surface area contributed by atoms with E-state index in [4.69, 9.17) is 5.73 Å². The zero-order valence-electron chi connectivity index (χ0n) is 12.2. The fraction of sp³-hybridized carbons (Fsp3) is 0.600. The molecule has 1 atom stereocenters. The summed E-state index contributed by atoms with van der Waals surface area (Å²) in [6.45, 7) is 6.41. The highest BCUT2D eigenvalue weighted by molar-refractivity contribution is 5.55. The molecule has 0 radical (unpaired) electrons. The number of para-hydroxylation sites is 1. The van der Waals surface area contributed by atoms with E-state index in [1.165, 1.54) is 6.07 Å². The summed E-state index contributed by atoms with van der Waals surface area (Å²) in [5.41, 5.74) is 5.35. The van der Waals surface area contributed by atoms with E-state index in [-0.39, 0.29) is 5.69 Å². The predicted octanol–water partition coefficient (Wildman–Crippen LogP) is 2.42. The van der Waals surface area contributed by atoms with Crippen molar-refractivity contribution in [1.29, 1.82) is 0 Å². The molecule has 0 saturated carbocycles. The molecule has 2 N–H and O–H groups in total. The second-order valence-corrected chi connectivity index (χ2v) is 5.64. The van der Waals surface area contributed by atoms with Crippen LogP contribution < -0.4 is 10.6 Å². The molecular weight excluding hydrogens is 279 g/mol. The molecule has 6 heteroatoms. The van der Waals surface area contributed by atoms with E-state index in [1.807, 2.05) is 4.90 Å². The highest BCUT2D eigenvalue weighted by Crippen LogP contribution is 2.36. The normalized spacial score (nSPS) is 18.8. The lowest BCUT2D eigenvalue weighted by atomic mass is 10.1. The zero-order chi connectivity index (χ0) is 15.5. The molecule has 0 aliphatic carbocycles. The Bertz CT molecular complexity index is 454. The molecule has 1 heterocycles. The van der Waals surface area contributed by atoms with Crippen molar-refractivity contribution in [3.05, 3.63) is 29.8 Å². The lowest BCUT2D eigenvalue weighted by Gasteiger charge is -2.38. The maximum absolute atomic E-state index is 13.0. The monoisotopic (exact) mass is 301 g/mol. The quantitative estimate of drug-likeness (QED) is 0.927. The molecule has 1 saturated heterocycles. The van der Waals surface area contributed by atoms with Crippen LogP contribution in [0.4, 0.5) is 18.9 Å². The van der Waals surface area contributed by atoms with Crippen molar-refractivity contribution in [2.75, 3.05) is 44.2 Å². The fourth-order valence-electron chi connectivity index (χ4n) is 2.68. The maximum atomic E-state index is 13.0. The highest BCUT2D eigenvalue weighted by atomic mass is 19.4. The smallest absolute Gasteiger partial charge is 0.368 e. The Morgan fingerprint density at radius 3 is 2.33 bits per heavy atom. The first kappa shape index (κ1) is 16.1. The fourth-order valence-corrected chi connectivity index (χ4v) is 2.68. The molecule has 1 aromatic carbocycles. The number of nitrogens with two attached hydrogens (primary N) is 1. The lowest BCUT2D eigenvalue weighted by Crippen LogP contribution is -2.48. The zero-order valence-corrected chi connectivity index (χ0v) is 12.2. The van der Waals surface area contributed by atoms with Gasteiger partial charge in [0.15, 0.2) is 0 Å². The van der Waals surface area contributed by atoms with Crippen LogP contribution in [0.15, 0.2) is 24.3 Å². The third-order valence-corrected chi connectivity index (χ3v) is 3.89. The van der Waals surface area contributed by atoms with Crippen LogP contribution in [-0.4, -0.2) is 44.2 Å². The highest BCUT2D eigenvalue weighted by Gasteiger charge is 2.35. The molecule has 1 aromatic rings. The van der Waals surface area contributed by atoms with Crippen LogP contribution in [0.25, 0.3) is 0 Å². The number of anilines is 1. The number of hydrogen-bond acceptors (Lipinski definition) is 3. The van der Waals surface area contributed by atoms with Gasteiger partial charge in [-0.15, -0.1) is 0 Å². The molecule has 1 fully saturated rings. The van der Waals surface area contributed by atoms with Crippen LogP contribution in [0, 0.1) is 5.92 Å². The van der Waals surface area contributed by atoms with Gasteiger partial charge in [-0.2, -0.15) is 13.2 Å². The molecule has 21 heavy (non-hydrogen) atoms. The Morgan fingerprint density at radius 2 is 1.76 bits per heavy atom. The van der Waals surface area contributed by atoms with E-state index >= 15 is 0 Å². The minimum Gasteiger partial charge on any atom is -0.368 e. The summed E-state index contributed by atoms with van der Waals surface area (Å²) in [7, 11) is 0. The molecule has 0 spiro atoms. The van der Waals surface area contributed by atoms with E-state index < -0.39 is 11.7 Å². The second-order valence-electron chi connectivity index (χ2n) is 5.64. The van der Waals surface area contributed by atoms with Crippen molar-refractivity contribution < 1.29 is 13.2 Å². The number of halogens is 3. The molecule has 0 aromatic heterocycles. The molecule has 1 aliphatic rings. The minimum absolute atomic E-state index is 0.288. The Balaban J connectivity index is 2.03. The molecule has 1 unspecified atom stereocenters. The number of rotatable bonds is 4. The topological polar surface area (TPSA) is 32.5 Å². The SMILES string of the molecule is CC(CN)CN1CCN(c2ccccc2C(F)(F)F)CC1. The largest absolute Gasteiger partial charge is 0.418 e. The third-order valence-electron chi connectivity index (χ3n) is 3.89. The van der Waals surface area contributed by atoms with E-state index in [0.29, 0.717) is 25.6 Å². The molecule has 0 bridgehead atoms. The predicted molar refractivity (Wildman–Crippen MR) is 78.3 cm³/mol. The van der Waals surface area contributed by atoms with E-state index in [9.17, 15) is 13.2 Å². The van der Waals surface area contributed by atoms with Crippen LogP contribution in [0.5, 0.6) is 0 Å². The number of piperazine rings is 1. The number of alkyl halides is 3. The summed E-state index contributed by atoms with van der Waals surface area (Å²) >= 11 is 0. The van der Waals surface area contributed by atoms with Gasteiger partial charge in [-0.3, -0.25) is 4.90 Å². The summed E-state index contributed by atoms with van der Waals surface area (Å²) in [5, 5.41) is 0. The van der Waals surface area contributed by atoms with Gasteiger partial charge in [0.1, 0.15) is 0 Å². The van der Waals surface area contributed by atoms with Gasteiger partial charge >= 0.3 is 6.18 Å². The van der Waals surface area contributed by atoms with Crippen LogP contribution in [-0.2, 0) is 6.18 Å². The first-order valence-electron chi connectivity index (χ1n) is 7.25. The van der Waals surface area contributed by atoms with Gasteiger partial charge in [0.25, 0.3) is 0 Å². The summed E-state index contributed by atoms with van der Waals surface area (Å²) in [4.78, 5) is 4.09. The van der Waals surface area contributed by atoms with Crippen molar-refractivity contribution in [2.45, 2.75) is 13.1 Å². The molecule has 118 valence electrons.